The van der Waals surface area contributed by atoms with E-state index in [0.29, 0.717) is 29.8 Å². The lowest BCUT2D eigenvalue weighted by molar-refractivity contribution is -0.154. The molecule has 0 saturated carbocycles. The second-order valence-corrected chi connectivity index (χ2v) is 12.8. The first kappa shape index (κ1) is 29.4. The van der Waals surface area contributed by atoms with Crippen LogP contribution in [0.2, 0.25) is 0 Å². The van der Waals surface area contributed by atoms with Crippen LogP contribution in [0, 0.1) is 11.8 Å². The lowest BCUT2D eigenvalue weighted by atomic mass is 9.85. The van der Waals surface area contributed by atoms with E-state index >= 15 is 0 Å². The van der Waals surface area contributed by atoms with Gasteiger partial charge in [-0.1, -0.05) is 57.0 Å². The van der Waals surface area contributed by atoms with Crippen molar-refractivity contribution in [3.63, 3.8) is 0 Å². The van der Waals surface area contributed by atoms with E-state index in [1.807, 2.05) is 28.0 Å². The SMILES string of the molecule is CCC(CC)[C@@H]1C(=O)NC(C2Cc3ccccc3C2)C(=O)N1Cc1ccc(C(=O)N2CCCC2)cc1C(=O)N1CCCC1. The van der Waals surface area contributed by atoms with Crippen LogP contribution in [0.1, 0.15) is 89.8 Å². The Kier molecular flexibility index (Phi) is 8.55. The van der Waals surface area contributed by atoms with Crippen molar-refractivity contribution in [2.75, 3.05) is 26.2 Å². The number of likely N-dealkylation sites (tertiary alicyclic amines) is 2. The molecule has 2 aromatic rings. The van der Waals surface area contributed by atoms with Crippen LogP contribution in [0.3, 0.4) is 0 Å². The Hall–Kier alpha value is -3.68. The number of carbonyl (C=O) groups is 4. The van der Waals surface area contributed by atoms with Gasteiger partial charge >= 0.3 is 0 Å². The Morgan fingerprint density at radius 1 is 0.837 bits per heavy atom. The highest BCUT2D eigenvalue weighted by Gasteiger charge is 2.47. The highest BCUT2D eigenvalue weighted by atomic mass is 16.2. The third-order valence-electron chi connectivity index (χ3n) is 10.2. The lowest BCUT2D eigenvalue weighted by Gasteiger charge is -2.44. The summed E-state index contributed by atoms with van der Waals surface area (Å²) in [7, 11) is 0. The average Bonchev–Trinajstić information content (AvgIpc) is 3.82. The molecule has 2 aromatic carbocycles. The molecule has 0 radical (unpaired) electrons. The van der Waals surface area contributed by atoms with Gasteiger partial charge in [0.1, 0.15) is 12.1 Å². The molecule has 8 nitrogen and oxygen atoms in total. The van der Waals surface area contributed by atoms with E-state index < -0.39 is 12.1 Å². The lowest BCUT2D eigenvalue weighted by Crippen LogP contribution is -2.66. The molecule has 4 amide bonds. The minimum Gasteiger partial charge on any atom is -0.342 e. The predicted molar refractivity (Wildman–Crippen MR) is 164 cm³/mol. The monoisotopic (exact) mass is 584 g/mol. The predicted octanol–water partition coefficient (Wildman–Crippen LogP) is 4.21. The number of benzene rings is 2. The van der Waals surface area contributed by atoms with E-state index in [1.54, 1.807) is 17.0 Å². The topological polar surface area (TPSA) is 90.0 Å². The van der Waals surface area contributed by atoms with E-state index in [0.717, 1.165) is 64.5 Å². The molecule has 4 aliphatic rings. The summed E-state index contributed by atoms with van der Waals surface area (Å²) in [5, 5.41) is 3.14. The first-order valence-corrected chi connectivity index (χ1v) is 16.3. The molecule has 8 heteroatoms. The fraction of sp³-hybridized carbons (Fsp3) is 0.543. The van der Waals surface area contributed by atoms with E-state index in [-0.39, 0.29) is 42.0 Å². The van der Waals surface area contributed by atoms with Gasteiger partial charge in [-0.3, -0.25) is 19.2 Å². The number of nitrogens with one attached hydrogen (secondary N) is 1. The van der Waals surface area contributed by atoms with Gasteiger partial charge in [-0.25, -0.2) is 0 Å². The van der Waals surface area contributed by atoms with E-state index in [4.69, 9.17) is 0 Å². The molecule has 3 heterocycles. The minimum atomic E-state index is -0.612. The number of fused-ring (bicyclic) bond motifs is 1. The van der Waals surface area contributed by atoms with Crippen molar-refractivity contribution in [3.8, 4) is 0 Å². The van der Waals surface area contributed by atoms with Crippen molar-refractivity contribution in [1.82, 2.24) is 20.0 Å². The molecule has 0 bridgehead atoms. The molecular formula is C35H44N4O4. The second kappa shape index (κ2) is 12.5. The zero-order valence-corrected chi connectivity index (χ0v) is 25.5. The third kappa shape index (κ3) is 5.68. The highest BCUT2D eigenvalue weighted by Crippen LogP contribution is 2.34. The van der Waals surface area contributed by atoms with Gasteiger partial charge in [0, 0.05) is 43.9 Å². The Balaban J connectivity index is 1.34. The maximum Gasteiger partial charge on any atom is 0.254 e. The van der Waals surface area contributed by atoms with Crippen LogP contribution >= 0.6 is 0 Å². The fourth-order valence-electron chi connectivity index (χ4n) is 7.71. The van der Waals surface area contributed by atoms with Gasteiger partial charge in [-0.15, -0.1) is 0 Å². The molecule has 1 unspecified atom stereocenters. The number of nitrogens with zero attached hydrogens (tertiary/aromatic N) is 3. The molecule has 3 aliphatic heterocycles. The quantitative estimate of drug-likeness (QED) is 0.504. The smallest absolute Gasteiger partial charge is 0.254 e. The number of amides is 4. The molecule has 3 saturated heterocycles. The Morgan fingerprint density at radius 3 is 2.00 bits per heavy atom. The summed E-state index contributed by atoms with van der Waals surface area (Å²) >= 11 is 0. The molecule has 0 spiro atoms. The van der Waals surface area contributed by atoms with Crippen LogP contribution < -0.4 is 5.32 Å². The van der Waals surface area contributed by atoms with Crippen LogP contribution in [0.5, 0.6) is 0 Å². The minimum absolute atomic E-state index is 0.000531. The molecule has 6 rings (SSSR count). The molecule has 2 atom stereocenters. The first-order valence-electron chi connectivity index (χ1n) is 16.3. The molecule has 1 aliphatic carbocycles. The van der Waals surface area contributed by atoms with Crippen LogP contribution in [0.25, 0.3) is 0 Å². The molecule has 1 N–H and O–H groups in total. The summed E-state index contributed by atoms with van der Waals surface area (Å²) < 4.78 is 0. The summed E-state index contributed by atoms with van der Waals surface area (Å²) in [5.74, 6) is -0.346. The largest absolute Gasteiger partial charge is 0.342 e. The Morgan fingerprint density at radius 2 is 1.42 bits per heavy atom. The van der Waals surface area contributed by atoms with Gasteiger partial charge in [-0.2, -0.15) is 0 Å². The summed E-state index contributed by atoms with van der Waals surface area (Å²) in [4.78, 5) is 60.9. The van der Waals surface area contributed by atoms with Crippen molar-refractivity contribution < 1.29 is 19.2 Å². The number of hydrogen-bond acceptors (Lipinski definition) is 4. The van der Waals surface area contributed by atoms with Crippen LogP contribution in [0.4, 0.5) is 0 Å². The van der Waals surface area contributed by atoms with Crippen molar-refractivity contribution >= 4 is 23.6 Å². The fourth-order valence-corrected chi connectivity index (χ4v) is 7.71. The number of hydrogen-bond donors (Lipinski definition) is 1. The zero-order chi connectivity index (χ0) is 30.1. The zero-order valence-electron chi connectivity index (χ0n) is 25.5. The van der Waals surface area contributed by atoms with Gasteiger partial charge in [0.05, 0.1) is 0 Å². The van der Waals surface area contributed by atoms with E-state index in [2.05, 4.69) is 31.3 Å². The first-order chi connectivity index (χ1) is 20.9. The molecule has 0 aromatic heterocycles. The second-order valence-electron chi connectivity index (χ2n) is 12.8. The van der Waals surface area contributed by atoms with Gasteiger partial charge in [0.15, 0.2) is 0 Å². The third-order valence-corrected chi connectivity index (χ3v) is 10.2. The number of rotatable bonds is 8. The van der Waals surface area contributed by atoms with Crippen molar-refractivity contribution in [1.29, 1.82) is 0 Å². The van der Waals surface area contributed by atoms with Crippen LogP contribution in [-0.2, 0) is 29.0 Å². The maximum absolute atomic E-state index is 14.4. The maximum atomic E-state index is 14.4. The molecular weight excluding hydrogens is 540 g/mol. The summed E-state index contributed by atoms with van der Waals surface area (Å²) in [6, 6.07) is 12.4. The van der Waals surface area contributed by atoms with Crippen molar-refractivity contribution in [2.24, 2.45) is 11.8 Å². The normalized spacial score (nSPS) is 22.4. The highest BCUT2D eigenvalue weighted by molar-refractivity contribution is 6.01. The number of piperazine rings is 1. The van der Waals surface area contributed by atoms with Crippen molar-refractivity contribution in [2.45, 2.75) is 83.8 Å². The van der Waals surface area contributed by atoms with Crippen LogP contribution in [-0.4, -0.2) is 76.6 Å². The Labute approximate surface area is 254 Å². The van der Waals surface area contributed by atoms with Gasteiger partial charge in [0.2, 0.25) is 11.8 Å². The van der Waals surface area contributed by atoms with E-state index in [1.165, 1.54) is 11.1 Å². The van der Waals surface area contributed by atoms with Crippen LogP contribution in [0.15, 0.2) is 42.5 Å². The Bertz CT molecular complexity index is 1360. The summed E-state index contributed by atoms with van der Waals surface area (Å²) in [6.45, 7) is 7.13. The van der Waals surface area contributed by atoms with Crippen molar-refractivity contribution in [3.05, 3.63) is 70.3 Å². The molecule has 3 fully saturated rings. The van der Waals surface area contributed by atoms with Gasteiger partial charge in [0.25, 0.3) is 11.8 Å². The summed E-state index contributed by atoms with van der Waals surface area (Å²) in [5.41, 5.74) is 4.15. The number of carbonyl (C=O) groups excluding carboxylic acids is 4. The molecule has 43 heavy (non-hydrogen) atoms. The average molecular weight is 585 g/mol. The van der Waals surface area contributed by atoms with Gasteiger partial charge < -0.3 is 20.0 Å². The molecule has 228 valence electrons. The standard InChI is InChI=1S/C35H44N4O4/c1-3-23(4-2)31-32(40)36-30(28-19-24-11-5-6-12-25(24)20-28)35(43)39(31)22-27-14-13-26(33(41)37-15-7-8-16-37)21-29(27)34(42)38-17-9-10-18-38/h5-6,11-14,21,23,28,30-31H,3-4,7-10,15-20,22H2,1-2H3,(H,36,40)/t30?,31-/m1/s1. The van der Waals surface area contributed by atoms with Gasteiger partial charge in [-0.05, 0) is 79.2 Å². The van der Waals surface area contributed by atoms with E-state index in [9.17, 15) is 19.2 Å². The summed E-state index contributed by atoms with van der Waals surface area (Å²) in [6.07, 6.45) is 6.94.